The topological polar surface area (TPSA) is 71.9 Å². The number of nitrogens with zero attached hydrogens (tertiary/aromatic N) is 6. The number of morpholine rings is 1. The minimum atomic E-state index is -0.492. The van der Waals surface area contributed by atoms with E-state index in [1.165, 1.54) is 10.5 Å². The summed E-state index contributed by atoms with van der Waals surface area (Å²) in [6, 6.07) is 9.41. The monoisotopic (exact) mass is 466 g/mol. The molecule has 1 aromatic carbocycles. The van der Waals surface area contributed by atoms with E-state index in [2.05, 4.69) is 28.9 Å². The molecule has 2 fully saturated rings. The van der Waals surface area contributed by atoms with E-state index in [0.717, 1.165) is 70.3 Å². The zero-order valence-corrected chi connectivity index (χ0v) is 20.1. The van der Waals surface area contributed by atoms with Crippen molar-refractivity contribution in [2.24, 2.45) is 4.99 Å². The number of fused-ring (bicyclic) bond motifs is 3. The van der Waals surface area contributed by atoms with E-state index in [1.807, 2.05) is 29.3 Å². The molecule has 4 heterocycles. The Kier molecular flexibility index (Phi) is 6.56. The number of carbonyl (C=O) groups excluding carboxylic acids is 2. The molecule has 3 amide bonds. The summed E-state index contributed by atoms with van der Waals surface area (Å²) in [4.78, 5) is 41.0. The number of likely N-dealkylation sites (N-methyl/N-ethyl adjacent to an activating group) is 1. The first kappa shape index (κ1) is 22.9. The Morgan fingerprint density at radius 2 is 1.74 bits per heavy atom. The predicted octanol–water partition coefficient (Wildman–Crippen LogP) is 1.78. The molecular weight excluding hydrogens is 432 g/mol. The number of carbonyl (C=O) groups is 2. The molecule has 34 heavy (non-hydrogen) atoms. The first-order chi connectivity index (χ1) is 16.5. The Hall–Kier alpha value is -2.91. The molecule has 5 rings (SSSR count). The van der Waals surface area contributed by atoms with Crippen LogP contribution in [0.3, 0.4) is 0 Å². The molecule has 9 heteroatoms. The fourth-order valence-corrected chi connectivity index (χ4v) is 5.25. The normalized spacial score (nSPS) is 25.0. The standard InChI is InChI=1S/C25H34N6O3/c1-19-18-31-21-22(26-24(31)29(19)13-7-11-28-14-16-34-17-15-28)27(2)25(33)30(23(21)32)12-6-10-20-8-4-3-5-9-20/h3-5,8-9,18,21-22H,6-7,10-17H2,1-2H3. The zero-order chi connectivity index (χ0) is 23.7. The molecule has 0 aromatic heterocycles. The molecule has 0 bridgehead atoms. The van der Waals surface area contributed by atoms with Gasteiger partial charge in [0.05, 0.1) is 13.2 Å². The van der Waals surface area contributed by atoms with Crippen LogP contribution in [0.1, 0.15) is 25.3 Å². The van der Waals surface area contributed by atoms with Crippen molar-refractivity contribution in [2.45, 2.75) is 38.4 Å². The molecule has 0 aliphatic carbocycles. The van der Waals surface area contributed by atoms with Gasteiger partial charge < -0.3 is 19.4 Å². The summed E-state index contributed by atoms with van der Waals surface area (Å²) >= 11 is 0. The molecule has 9 nitrogen and oxygen atoms in total. The lowest BCUT2D eigenvalue weighted by Gasteiger charge is -2.40. The lowest BCUT2D eigenvalue weighted by molar-refractivity contribution is -0.136. The molecular formula is C25H34N6O3. The van der Waals surface area contributed by atoms with Gasteiger partial charge in [0.1, 0.15) is 0 Å². The molecule has 182 valence electrons. The van der Waals surface area contributed by atoms with E-state index in [0.29, 0.717) is 6.54 Å². The third kappa shape index (κ3) is 4.30. The van der Waals surface area contributed by atoms with Crippen LogP contribution in [-0.2, 0) is 16.0 Å². The summed E-state index contributed by atoms with van der Waals surface area (Å²) in [7, 11) is 1.75. The number of benzene rings is 1. The number of amides is 3. The van der Waals surface area contributed by atoms with Crippen LogP contribution in [0.5, 0.6) is 0 Å². The number of aryl methyl sites for hydroxylation is 1. The summed E-state index contributed by atoms with van der Waals surface area (Å²) in [6.45, 7) is 7.88. The van der Waals surface area contributed by atoms with Crippen molar-refractivity contribution >= 4 is 17.9 Å². The van der Waals surface area contributed by atoms with Gasteiger partial charge in [-0.1, -0.05) is 30.3 Å². The maximum atomic E-state index is 13.5. The van der Waals surface area contributed by atoms with Crippen molar-refractivity contribution in [1.29, 1.82) is 0 Å². The van der Waals surface area contributed by atoms with Crippen LogP contribution in [0.4, 0.5) is 4.79 Å². The molecule has 0 spiro atoms. The van der Waals surface area contributed by atoms with Crippen LogP contribution in [0.2, 0.25) is 0 Å². The van der Waals surface area contributed by atoms with Crippen LogP contribution in [0.15, 0.2) is 47.2 Å². The molecule has 2 atom stereocenters. The van der Waals surface area contributed by atoms with Gasteiger partial charge in [-0.2, -0.15) is 0 Å². The molecule has 1 aromatic rings. The largest absolute Gasteiger partial charge is 0.379 e. The number of allylic oxidation sites excluding steroid dienone is 1. The van der Waals surface area contributed by atoms with Gasteiger partial charge in [-0.05, 0) is 31.7 Å². The van der Waals surface area contributed by atoms with Gasteiger partial charge >= 0.3 is 6.03 Å². The second-order valence-corrected chi connectivity index (χ2v) is 9.40. The number of aliphatic imine (C=N–C) groups is 1. The van der Waals surface area contributed by atoms with Crippen LogP contribution in [0.25, 0.3) is 0 Å². The highest BCUT2D eigenvalue weighted by atomic mass is 16.5. The molecule has 2 saturated heterocycles. The van der Waals surface area contributed by atoms with Gasteiger partial charge in [0.25, 0.3) is 5.91 Å². The zero-order valence-electron chi connectivity index (χ0n) is 20.1. The van der Waals surface area contributed by atoms with Crippen molar-refractivity contribution in [1.82, 2.24) is 24.5 Å². The number of imide groups is 1. The summed E-state index contributed by atoms with van der Waals surface area (Å²) in [5.41, 5.74) is 2.30. The molecule has 0 saturated carbocycles. The highest BCUT2D eigenvalue weighted by Gasteiger charge is 2.54. The summed E-state index contributed by atoms with van der Waals surface area (Å²) in [6.07, 6.45) is 4.11. The quantitative estimate of drug-likeness (QED) is 0.582. The van der Waals surface area contributed by atoms with Crippen LogP contribution < -0.4 is 0 Å². The number of rotatable bonds is 8. The molecule has 0 N–H and O–H groups in total. The summed E-state index contributed by atoms with van der Waals surface area (Å²) < 4.78 is 5.44. The second-order valence-electron chi connectivity index (χ2n) is 9.40. The number of hydrogen-bond donors (Lipinski definition) is 0. The first-order valence-corrected chi connectivity index (χ1v) is 12.3. The second kappa shape index (κ2) is 9.76. The number of hydrogen-bond acceptors (Lipinski definition) is 7. The van der Waals surface area contributed by atoms with Crippen molar-refractivity contribution in [3.63, 3.8) is 0 Å². The Labute approximate surface area is 201 Å². The van der Waals surface area contributed by atoms with E-state index in [-0.39, 0.29) is 11.9 Å². The Morgan fingerprint density at radius 1 is 1.00 bits per heavy atom. The predicted molar refractivity (Wildman–Crippen MR) is 129 cm³/mol. The van der Waals surface area contributed by atoms with Crippen molar-refractivity contribution in [2.75, 3.05) is 53.0 Å². The third-order valence-electron chi connectivity index (χ3n) is 7.15. The SMILES string of the molecule is CC1=CN2C(=NC3C2C(=O)N(CCCc2ccccc2)C(=O)N3C)N1CCCN1CCOCC1. The number of guanidine groups is 1. The van der Waals surface area contributed by atoms with E-state index < -0.39 is 12.2 Å². The van der Waals surface area contributed by atoms with Crippen molar-refractivity contribution < 1.29 is 14.3 Å². The van der Waals surface area contributed by atoms with Crippen LogP contribution in [0, 0.1) is 0 Å². The Balaban J connectivity index is 1.22. The minimum Gasteiger partial charge on any atom is -0.379 e. The first-order valence-electron chi connectivity index (χ1n) is 12.3. The van der Waals surface area contributed by atoms with Crippen molar-refractivity contribution in [3.05, 3.63) is 47.8 Å². The number of ether oxygens (including phenoxy) is 1. The highest BCUT2D eigenvalue weighted by Crippen LogP contribution is 2.34. The molecule has 4 aliphatic rings. The van der Waals surface area contributed by atoms with Gasteiger partial charge in [0, 0.05) is 51.7 Å². The molecule has 4 aliphatic heterocycles. The minimum absolute atomic E-state index is 0.154. The van der Waals surface area contributed by atoms with E-state index in [4.69, 9.17) is 9.73 Å². The van der Waals surface area contributed by atoms with Crippen LogP contribution in [-0.4, -0.2) is 108 Å². The fourth-order valence-electron chi connectivity index (χ4n) is 5.25. The van der Waals surface area contributed by atoms with Gasteiger partial charge in [-0.25, -0.2) is 9.79 Å². The maximum Gasteiger partial charge on any atom is 0.328 e. The molecule has 0 radical (unpaired) electrons. The highest BCUT2D eigenvalue weighted by molar-refractivity contribution is 6.04. The summed E-state index contributed by atoms with van der Waals surface area (Å²) in [5.74, 6) is 0.632. The van der Waals surface area contributed by atoms with Gasteiger partial charge in [-0.3, -0.25) is 14.6 Å². The van der Waals surface area contributed by atoms with E-state index >= 15 is 0 Å². The van der Waals surface area contributed by atoms with Crippen molar-refractivity contribution in [3.8, 4) is 0 Å². The maximum absolute atomic E-state index is 13.5. The van der Waals surface area contributed by atoms with E-state index in [9.17, 15) is 9.59 Å². The van der Waals surface area contributed by atoms with Gasteiger partial charge in [0.2, 0.25) is 5.96 Å². The Morgan fingerprint density at radius 3 is 2.50 bits per heavy atom. The average molecular weight is 467 g/mol. The van der Waals surface area contributed by atoms with Gasteiger partial charge in [-0.15, -0.1) is 0 Å². The Bertz CT molecular complexity index is 974. The summed E-state index contributed by atoms with van der Waals surface area (Å²) in [5, 5.41) is 0. The average Bonchev–Trinajstić information content (AvgIpc) is 3.36. The smallest absolute Gasteiger partial charge is 0.328 e. The number of urea groups is 1. The molecule has 2 unspecified atom stereocenters. The van der Waals surface area contributed by atoms with Crippen LogP contribution >= 0.6 is 0 Å². The lowest BCUT2D eigenvalue weighted by atomic mass is 10.1. The van der Waals surface area contributed by atoms with Gasteiger partial charge in [0.15, 0.2) is 12.2 Å². The lowest BCUT2D eigenvalue weighted by Crippen LogP contribution is -2.64. The van der Waals surface area contributed by atoms with E-state index in [1.54, 1.807) is 11.9 Å². The fraction of sp³-hybridized carbons (Fsp3) is 0.560. The third-order valence-corrected chi connectivity index (χ3v) is 7.15.